The summed E-state index contributed by atoms with van der Waals surface area (Å²) in [7, 11) is 0. The van der Waals surface area contributed by atoms with Gasteiger partial charge in [-0.3, -0.25) is 0 Å². The Morgan fingerprint density at radius 2 is 2.00 bits per heavy atom. The van der Waals surface area contributed by atoms with Crippen LogP contribution in [0.15, 0.2) is 5.38 Å². The van der Waals surface area contributed by atoms with Crippen molar-refractivity contribution in [1.82, 2.24) is 4.98 Å². The number of ether oxygens (including phenoxy) is 2. The van der Waals surface area contributed by atoms with Crippen LogP contribution in [-0.4, -0.2) is 37.1 Å². The van der Waals surface area contributed by atoms with Crippen LogP contribution < -0.4 is 4.90 Å². The van der Waals surface area contributed by atoms with Crippen LogP contribution in [0.3, 0.4) is 0 Å². The van der Waals surface area contributed by atoms with Gasteiger partial charge in [0, 0.05) is 31.3 Å². The van der Waals surface area contributed by atoms with Crippen LogP contribution in [-0.2, 0) is 9.47 Å². The zero-order valence-electron chi connectivity index (χ0n) is 8.82. The Hall–Kier alpha value is -0.360. The van der Waals surface area contributed by atoms with Gasteiger partial charge in [-0.05, 0) is 0 Å². The lowest BCUT2D eigenvalue weighted by Gasteiger charge is -2.37. The quantitative estimate of drug-likeness (QED) is 0.775. The Kier molecular flexibility index (Phi) is 2.79. The van der Waals surface area contributed by atoms with Gasteiger partial charge in [-0.1, -0.05) is 11.6 Å². The van der Waals surface area contributed by atoms with Gasteiger partial charge in [0.05, 0.1) is 13.2 Å². The van der Waals surface area contributed by atoms with Crippen molar-refractivity contribution in [1.29, 1.82) is 0 Å². The molecule has 4 nitrogen and oxygen atoms in total. The highest BCUT2D eigenvalue weighted by atomic mass is 35.5. The summed E-state index contributed by atoms with van der Waals surface area (Å²) in [5, 5.41) is 3.44. The average molecular weight is 261 g/mol. The maximum Gasteiger partial charge on any atom is 0.186 e. The number of piperidine rings is 1. The molecule has 16 heavy (non-hydrogen) atoms. The van der Waals surface area contributed by atoms with E-state index in [4.69, 9.17) is 21.1 Å². The first-order valence-electron chi connectivity index (χ1n) is 5.41. The van der Waals surface area contributed by atoms with E-state index in [1.807, 2.05) is 5.38 Å². The fraction of sp³-hybridized carbons (Fsp3) is 0.700. The van der Waals surface area contributed by atoms with E-state index in [0.29, 0.717) is 5.15 Å². The van der Waals surface area contributed by atoms with Crippen molar-refractivity contribution in [3.05, 3.63) is 10.5 Å². The Balaban J connectivity index is 1.66. The second-order valence-electron chi connectivity index (χ2n) is 4.05. The molecule has 1 aromatic rings. The molecule has 0 bridgehead atoms. The SMILES string of the molecule is Clc1csc(N2CCC3(CC2)OCCO3)n1. The fourth-order valence-corrected chi connectivity index (χ4v) is 3.22. The summed E-state index contributed by atoms with van der Waals surface area (Å²) < 4.78 is 11.4. The van der Waals surface area contributed by atoms with Crippen molar-refractivity contribution >= 4 is 28.1 Å². The summed E-state index contributed by atoms with van der Waals surface area (Å²) in [6, 6.07) is 0. The minimum absolute atomic E-state index is 0.308. The first-order valence-corrected chi connectivity index (χ1v) is 6.67. The third-order valence-corrected chi connectivity index (χ3v) is 4.30. The van der Waals surface area contributed by atoms with Crippen LogP contribution in [0.1, 0.15) is 12.8 Å². The van der Waals surface area contributed by atoms with Gasteiger partial charge in [-0.25, -0.2) is 4.98 Å². The Bertz CT molecular complexity index is 369. The smallest absolute Gasteiger partial charge is 0.186 e. The molecule has 2 aliphatic rings. The molecule has 6 heteroatoms. The fourth-order valence-electron chi connectivity index (χ4n) is 2.22. The molecule has 0 aliphatic carbocycles. The van der Waals surface area contributed by atoms with E-state index in [1.54, 1.807) is 11.3 Å². The number of rotatable bonds is 1. The van der Waals surface area contributed by atoms with Crippen molar-refractivity contribution in [2.24, 2.45) is 0 Å². The molecule has 0 atom stereocenters. The van der Waals surface area contributed by atoms with Crippen LogP contribution in [0, 0.1) is 0 Å². The lowest BCUT2D eigenvalue weighted by atomic mass is 10.0. The molecule has 1 aromatic heterocycles. The van der Waals surface area contributed by atoms with Crippen molar-refractivity contribution in [2.75, 3.05) is 31.2 Å². The standard InChI is InChI=1S/C10H13ClN2O2S/c11-8-7-16-9(12-8)13-3-1-10(2-4-13)14-5-6-15-10/h7H,1-6H2. The molecular formula is C10H13ClN2O2S. The summed E-state index contributed by atoms with van der Waals surface area (Å²) >= 11 is 7.41. The Labute approximate surface area is 103 Å². The van der Waals surface area contributed by atoms with Crippen LogP contribution in [0.4, 0.5) is 5.13 Å². The van der Waals surface area contributed by atoms with Crippen LogP contribution in [0.25, 0.3) is 0 Å². The molecule has 2 aliphatic heterocycles. The number of nitrogens with zero attached hydrogens (tertiary/aromatic N) is 2. The van der Waals surface area contributed by atoms with Crippen molar-refractivity contribution in [3.63, 3.8) is 0 Å². The molecule has 2 fully saturated rings. The lowest BCUT2D eigenvalue weighted by molar-refractivity contribution is -0.169. The van der Waals surface area contributed by atoms with Gasteiger partial charge in [0.1, 0.15) is 5.15 Å². The number of aromatic nitrogens is 1. The van der Waals surface area contributed by atoms with Gasteiger partial charge in [-0.2, -0.15) is 0 Å². The molecule has 0 N–H and O–H groups in total. The molecule has 0 radical (unpaired) electrons. The number of halogens is 1. The van der Waals surface area contributed by atoms with Crippen molar-refractivity contribution < 1.29 is 9.47 Å². The maximum absolute atomic E-state index is 5.82. The molecule has 0 aromatic carbocycles. The van der Waals surface area contributed by atoms with E-state index in [9.17, 15) is 0 Å². The third-order valence-electron chi connectivity index (χ3n) is 3.07. The molecule has 3 heterocycles. The highest BCUT2D eigenvalue weighted by Gasteiger charge is 2.40. The number of hydrogen-bond donors (Lipinski definition) is 0. The molecule has 88 valence electrons. The van der Waals surface area contributed by atoms with Crippen molar-refractivity contribution in [3.8, 4) is 0 Å². The van der Waals surface area contributed by atoms with Gasteiger partial charge in [0.25, 0.3) is 0 Å². The summed E-state index contributed by atoms with van der Waals surface area (Å²) in [4.78, 5) is 6.52. The minimum atomic E-state index is -0.308. The Morgan fingerprint density at radius 3 is 2.56 bits per heavy atom. The van der Waals surface area contributed by atoms with E-state index in [0.717, 1.165) is 44.3 Å². The van der Waals surface area contributed by atoms with Gasteiger partial charge < -0.3 is 14.4 Å². The van der Waals surface area contributed by atoms with Crippen LogP contribution in [0.2, 0.25) is 5.15 Å². The third kappa shape index (κ3) is 1.93. The average Bonchev–Trinajstić information content (AvgIpc) is 2.90. The molecule has 0 amide bonds. The van der Waals surface area contributed by atoms with E-state index in [2.05, 4.69) is 9.88 Å². The number of hydrogen-bond acceptors (Lipinski definition) is 5. The monoisotopic (exact) mass is 260 g/mol. The maximum atomic E-state index is 5.82. The summed E-state index contributed by atoms with van der Waals surface area (Å²) in [5.41, 5.74) is 0. The van der Waals surface area contributed by atoms with E-state index in [-0.39, 0.29) is 5.79 Å². The first-order chi connectivity index (χ1) is 7.77. The second kappa shape index (κ2) is 4.14. The van der Waals surface area contributed by atoms with Gasteiger partial charge in [0.15, 0.2) is 10.9 Å². The highest BCUT2D eigenvalue weighted by molar-refractivity contribution is 7.14. The normalized spacial score (nSPS) is 24.2. The predicted octanol–water partition coefficient (Wildman–Crippen LogP) is 2.14. The number of thiazole rings is 1. The molecular weight excluding hydrogens is 248 g/mol. The van der Waals surface area contributed by atoms with Gasteiger partial charge >= 0.3 is 0 Å². The summed E-state index contributed by atoms with van der Waals surface area (Å²) in [6.07, 6.45) is 1.81. The zero-order valence-corrected chi connectivity index (χ0v) is 10.4. The molecule has 0 unspecified atom stereocenters. The van der Waals surface area contributed by atoms with Gasteiger partial charge in [-0.15, -0.1) is 11.3 Å². The molecule has 2 saturated heterocycles. The summed E-state index contributed by atoms with van der Waals surface area (Å²) in [6.45, 7) is 3.29. The van der Waals surface area contributed by atoms with Gasteiger partial charge in [0.2, 0.25) is 0 Å². The van der Waals surface area contributed by atoms with Crippen LogP contribution in [0.5, 0.6) is 0 Å². The minimum Gasteiger partial charge on any atom is -0.348 e. The second-order valence-corrected chi connectivity index (χ2v) is 5.27. The summed E-state index contributed by atoms with van der Waals surface area (Å²) in [5.74, 6) is -0.308. The topological polar surface area (TPSA) is 34.6 Å². The highest BCUT2D eigenvalue weighted by Crippen LogP contribution is 2.34. The van der Waals surface area contributed by atoms with E-state index in [1.165, 1.54) is 0 Å². The van der Waals surface area contributed by atoms with Crippen LogP contribution >= 0.6 is 22.9 Å². The zero-order chi connectivity index (χ0) is 11.0. The Morgan fingerprint density at radius 1 is 1.31 bits per heavy atom. The first kappa shape index (κ1) is 10.8. The van der Waals surface area contributed by atoms with E-state index < -0.39 is 0 Å². The predicted molar refractivity (Wildman–Crippen MR) is 63.2 cm³/mol. The number of anilines is 1. The molecule has 1 spiro atoms. The largest absolute Gasteiger partial charge is 0.348 e. The molecule has 0 saturated carbocycles. The lowest BCUT2D eigenvalue weighted by Crippen LogP contribution is -2.45. The van der Waals surface area contributed by atoms with Crippen molar-refractivity contribution in [2.45, 2.75) is 18.6 Å². The van der Waals surface area contributed by atoms with E-state index >= 15 is 0 Å². The molecule has 3 rings (SSSR count).